The lowest BCUT2D eigenvalue weighted by Crippen LogP contribution is -2.21. The van der Waals surface area contributed by atoms with Crippen molar-refractivity contribution in [2.24, 2.45) is 11.7 Å². The highest BCUT2D eigenvalue weighted by Crippen LogP contribution is 2.09. The van der Waals surface area contributed by atoms with Gasteiger partial charge < -0.3 is 11.1 Å². The zero-order valence-electron chi connectivity index (χ0n) is 9.79. The van der Waals surface area contributed by atoms with Crippen LogP contribution in [0.1, 0.15) is 25.0 Å². The molecule has 0 aliphatic carbocycles. The first-order chi connectivity index (χ1) is 7.22. The third kappa shape index (κ3) is 4.96. The summed E-state index contributed by atoms with van der Waals surface area (Å²) in [4.78, 5) is 0. The lowest BCUT2D eigenvalue weighted by atomic mass is 10.0. The average Bonchev–Trinajstić information content (AvgIpc) is 2.20. The zero-order valence-corrected chi connectivity index (χ0v) is 9.79. The van der Waals surface area contributed by atoms with E-state index in [0.29, 0.717) is 6.54 Å². The molecular weight excluding hydrogens is 184 g/mol. The molecule has 0 saturated heterocycles. The van der Waals surface area contributed by atoms with Crippen molar-refractivity contribution in [3.63, 3.8) is 0 Å². The number of nitrogens with two attached hydrogens (primary N) is 1. The maximum atomic E-state index is 5.41. The summed E-state index contributed by atoms with van der Waals surface area (Å²) < 4.78 is 0. The van der Waals surface area contributed by atoms with Crippen LogP contribution in [0.2, 0.25) is 0 Å². The van der Waals surface area contributed by atoms with Gasteiger partial charge >= 0.3 is 0 Å². The van der Waals surface area contributed by atoms with Crippen LogP contribution in [0.25, 0.3) is 0 Å². The van der Waals surface area contributed by atoms with E-state index < -0.39 is 0 Å². The molecule has 0 radical (unpaired) electrons. The van der Waals surface area contributed by atoms with Crippen LogP contribution >= 0.6 is 0 Å². The molecule has 0 bridgehead atoms. The van der Waals surface area contributed by atoms with E-state index in [1.165, 1.54) is 11.1 Å². The SMILES string of the molecule is CC(C)Cc1ccc(CNCCN)cc1. The van der Waals surface area contributed by atoms with Crippen molar-refractivity contribution in [2.45, 2.75) is 26.8 Å². The molecule has 0 fully saturated rings. The standard InChI is InChI=1S/C13H22N2/c1-11(2)9-12-3-5-13(6-4-12)10-15-8-7-14/h3-6,11,15H,7-10,14H2,1-2H3. The molecule has 2 nitrogen and oxygen atoms in total. The summed E-state index contributed by atoms with van der Waals surface area (Å²) in [5, 5.41) is 3.29. The van der Waals surface area contributed by atoms with Gasteiger partial charge in [0.05, 0.1) is 0 Å². The van der Waals surface area contributed by atoms with Gasteiger partial charge in [0.15, 0.2) is 0 Å². The summed E-state index contributed by atoms with van der Waals surface area (Å²) in [5.74, 6) is 0.728. The van der Waals surface area contributed by atoms with Crippen molar-refractivity contribution in [3.05, 3.63) is 35.4 Å². The minimum atomic E-state index is 0.700. The first kappa shape index (κ1) is 12.2. The Kier molecular flexibility index (Phi) is 5.37. The van der Waals surface area contributed by atoms with Crippen LogP contribution in [-0.2, 0) is 13.0 Å². The minimum Gasteiger partial charge on any atom is -0.329 e. The first-order valence-corrected chi connectivity index (χ1v) is 5.71. The number of rotatable bonds is 6. The summed E-state index contributed by atoms with van der Waals surface area (Å²) in [6, 6.07) is 8.83. The third-order valence-electron chi connectivity index (χ3n) is 2.32. The Morgan fingerprint density at radius 2 is 1.73 bits per heavy atom. The van der Waals surface area contributed by atoms with E-state index in [4.69, 9.17) is 5.73 Å². The first-order valence-electron chi connectivity index (χ1n) is 5.71. The second-order valence-electron chi connectivity index (χ2n) is 4.38. The van der Waals surface area contributed by atoms with Crippen LogP contribution in [-0.4, -0.2) is 13.1 Å². The number of hydrogen-bond donors (Lipinski definition) is 2. The summed E-state index contributed by atoms with van der Waals surface area (Å²) in [7, 11) is 0. The molecule has 0 amide bonds. The molecule has 3 N–H and O–H groups in total. The molecule has 0 aromatic heterocycles. The Morgan fingerprint density at radius 3 is 2.27 bits per heavy atom. The second kappa shape index (κ2) is 6.59. The number of benzene rings is 1. The van der Waals surface area contributed by atoms with Crippen LogP contribution in [0.4, 0.5) is 0 Å². The van der Waals surface area contributed by atoms with Gasteiger partial charge in [-0.2, -0.15) is 0 Å². The van der Waals surface area contributed by atoms with Crippen LogP contribution < -0.4 is 11.1 Å². The fourth-order valence-corrected chi connectivity index (χ4v) is 1.60. The van der Waals surface area contributed by atoms with Crippen molar-refractivity contribution < 1.29 is 0 Å². The Balaban J connectivity index is 2.42. The van der Waals surface area contributed by atoms with E-state index >= 15 is 0 Å². The Bertz CT molecular complexity index is 264. The third-order valence-corrected chi connectivity index (χ3v) is 2.32. The molecule has 0 aliphatic heterocycles. The van der Waals surface area contributed by atoms with Crippen molar-refractivity contribution in [1.29, 1.82) is 0 Å². The van der Waals surface area contributed by atoms with Gasteiger partial charge in [0.25, 0.3) is 0 Å². The fourth-order valence-electron chi connectivity index (χ4n) is 1.60. The zero-order chi connectivity index (χ0) is 11.1. The van der Waals surface area contributed by atoms with Crippen LogP contribution in [0.5, 0.6) is 0 Å². The van der Waals surface area contributed by atoms with Gasteiger partial charge in [-0.1, -0.05) is 38.1 Å². The molecule has 0 saturated carbocycles. The number of hydrogen-bond acceptors (Lipinski definition) is 2. The topological polar surface area (TPSA) is 38.0 Å². The van der Waals surface area contributed by atoms with Gasteiger partial charge in [-0.05, 0) is 23.5 Å². The van der Waals surface area contributed by atoms with Gasteiger partial charge in [0, 0.05) is 19.6 Å². The highest BCUT2D eigenvalue weighted by Gasteiger charge is 1.97. The lowest BCUT2D eigenvalue weighted by Gasteiger charge is -2.07. The molecule has 0 unspecified atom stereocenters. The van der Waals surface area contributed by atoms with Crippen LogP contribution in [0.15, 0.2) is 24.3 Å². The lowest BCUT2D eigenvalue weighted by molar-refractivity contribution is 0.646. The molecule has 0 aliphatic rings. The molecule has 0 atom stereocenters. The molecular formula is C13H22N2. The van der Waals surface area contributed by atoms with Gasteiger partial charge in [-0.15, -0.1) is 0 Å². The molecule has 84 valence electrons. The molecule has 1 aromatic rings. The maximum Gasteiger partial charge on any atom is 0.0206 e. The van der Waals surface area contributed by atoms with Crippen molar-refractivity contribution in [2.75, 3.05) is 13.1 Å². The van der Waals surface area contributed by atoms with Crippen molar-refractivity contribution >= 4 is 0 Å². The van der Waals surface area contributed by atoms with Crippen LogP contribution in [0, 0.1) is 5.92 Å². The summed E-state index contributed by atoms with van der Waals surface area (Å²) in [5.41, 5.74) is 8.16. The van der Waals surface area contributed by atoms with E-state index in [-0.39, 0.29) is 0 Å². The van der Waals surface area contributed by atoms with Gasteiger partial charge in [-0.25, -0.2) is 0 Å². The molecule has 15 heavy (non-hydrogen) atoms. The highest BCUT2D eigenvalue weighted by molar-refractivity contribution is 5.22. The summed E-state index contributed by atoms with van der Waals surface area (Å²) in [6.07, 6.45) is 1.16. The molecule has 1 rings (SSSR count). The quantitative estimate of drug-likeness (QED) is 0.698. The van der Waals surface area contributed by atoms with E-state index in [9.17, 15) is 0 Å². The maximum absolute atomic E-state index is 5.41. The molecule has 2 heteroatoms. The second-order valence-corrected chi connectivity index (χ2v) is 4.38. The van der Waals surface area contributed by atoms with E-state index in [2.05, 4.69) is 43.4 Å². The molecule has 0 heterocycles. The van der Waals surface area contributed by atoms with Gasteiger partial charge in [-0.3, -0.25) is 0 Å². The van der Waals surface area contributed by atoms with Crippen LogP contribution in [0.3, 0.4) is 0 Å². The summed E-state index contributed by atoms with van der Waals surface area (Å²) >= 11 is 0. The normalized spacial score (nSPS) is 10.9. The minimum absolute atomic E-state index is 0.700. The molecule has 1 aromatic carbocycles. The molecule has 0 spiro atoms. The monoisotopic (exact) mass is 206 g/mol. The largest absolute Gasteiger partial charge is 0.329 e. The number of nitrogens with one attached hydrogen (secondary N) is 1. The van der Waals surface area contributed by atoms with E-state index in [1.54, 1.807) is 0 Å². The fraction of sp³-hybridized carbons (Fsp3) is 0.538. The summed E-state index contributed by atoms with van der Waals surface area (Å²) in [6.45, 7) is 6.99. The smallest absolute Gasteiger partial charge is 0.0206 e. The van der Waals surface area contributed by atoms with E-state index in [1.807, 2.05) is 0 Å². The Morgan fingerprint density at radius 1 is 1.13 bits per heavy atom. The van der Waals surface area contributed by atoms with E-state index in [0.717, 1.165) is 25.4 Å². The van der Waals surface area contributed by atoms with Gasteiger partial charge in [0.2, 0.25) is 0 Å². The predicted octanol–water partition coefficient (Wildman–Crippen LogP) is 1.93. The van der Waals surface area contributed by atoms with Crippen molar-refractivity contribution in [1.82, 2.24) is 5.32 Å². The average molecular weight is 206 g/mol. The Labute approximate surface area is 92.9 Å². The highest BCUT2D eigenvalue weighted by atomic mass is 14.9. The van der Waals surface area contributed by atoms with Crippen molar-refractivity contribution in [3.8, 4) is 0 Å². The Hall–Kier alpha value is -0.860. The van der Waals surface area contributed by atoms with Gasteiger partial charge in [0.1, 0.15) is 0 Å². The predicted molar refractivity (Wildman–Crippen MR) is 65.7 cm³/mol.